The maximum Gasteiger partial charge on any atom is 0.247 e. The molecule has 8 saturated carbocycles. The third kappa shape index (κ3) is 3.01. The lowest BCUT2D eigenvalue weighted by molar-refractivity contribution is -0.211. The molecular formula is C30H46N2O2. The summed E-state index contributed by atoms with van der Waals surface area (Å²) in [6.07, 6.45) is 16.2. The van der Waals surface area contributed by atoms with Crippen molar-refractivity contribution in [3.63, 3.8) is 0 Å². The second-order valence-corrected chi connectivity index (χ2v) is 16.4. The fraction of sp³-hybridized carbons (Fsp3) is 0.933. The van der Waals surface area contributed by atoms with Crippen LogP contribution in [-0.2, 0) is 9.59 Å². The number of hydrazine groups is 1. The van der Waals surface area contributed by atoms with Crippen LogP contribution in [0.15, 0.2) is 0 Å². The molecule has 8 aliphatic carbocycles. The van der Waals surface area contributed by atoms with Crippen LogP contribution in [0.2, 0.25) is 0 Å². The maximum atomic E-state index is 14.5. The van der Waals surface area contributed by atoms with Gasteiger partial charge >= 0.3 is 0 Å². The summed E-state index contributed by atoms with van der Waals surface area (Å²) in [6, 6.07) is 0. The van der Waals surface area contributed by atoms with Gasteiger partial charge in [0, 0.05) is 13.1 Å². The zero-order chi connectivity index (χ0) is 23.8. The van der Waals surface area contributed by atoms with Crippen molar-refractivity contribution < 1.29 is 9.59 Å². The Morgan fingerprint density at radius 3 is 1.15 bits per heavy atom. The molecule has 1 aliphatic heterocycles. The van der Waals surface area contributed by atoms with Gasteiger partial charge in [0.1, 0.15) is 0 Å². The molecule has 8 bridgehead atoms. The average Bonchev–Trinajstić information content (AvgIpc) is 2.67. The summed E-state index contributed by atoms with van der Waals surface area (Å²) in [5, 5.41) is 4.05. The van der Waals surface area contributed by atoms with Gasteiger partial charge in [0.05, 0.1) is 10.8 Å². The lowest BCUT2D eigenvalue weighted by Crippen LogP contribution is -2.67. The van der Waals surface area contributed by atoms with Gasteiger partial charge in [0.2, 0.25) is 11.8 Å². The normalized spacial score (nSPS) is 55.2. The van der Waals surface area contributed by atoms with Crippen molar-refractivity contribution in [1.29, 1.82) is 0 Å². The van der Waals surface area contributed by atoms with E-state index < -0.39 is 0 Å². The standard InChI is InChI=1S/C30H46N2O2/c1-25-9-21-10-26(2,15-25)18-29(13-21,17-25)23(33)31-7-5-6-8-32(31)24(34)30-14-22-11-27(3,19-30)16-28(4,12-22)20-30/h21-22H,5-20H2,1-4H3. The molecule has 0 aromatic rings. The minimum Gasteiger partial charge on any atom is -0.272 e. The van der Waals surface area contributed by atoms with E-state index >= 15 is 0 Å². The number of carbonyl (C=O) groups excluding carboxylic acids is 2. The highest BCUT2D eigenvalue weighted by Crippen LogP contribution is 2.71. The van der Waals surface area contributed by atoms with Crippen LogP contribution in [0, 0.1) is 44.3 Å². The molecule has 4 unspecified atom stereocenters. The first-order valence-corrected chi connectivity index (χ1v) is 14.5. The average molecular weight is 467 g/mol. The Morgan fingerprint density at radius 2 is 0.853 bits per heavy atom. The number of nitrogens with zero attached hydrogens (tertiary/aromatic N) is 2. The topological polar surface area (TPSA) is 40.6 Å². The van der Waals surface area contributed by atoms with Gasteiger partial charge in [-0.3, -0.25) is 19.6 Å². The van der Waals surface area contributed by atoms with Crippen LogP contribution < -0.4 is 0 Å². The van der Waals surface area contributed by atoms with E-state index in [2.05, 4.69) is 27.7 Å². The Balaban J connectivity index is 1.21. The Hall–Kier alpha value is -1.06. The Kier molecular flexibility index (Phi) is 4.19. The van der Waals surface area contributed by atoms with E-state index in [0.29, 0.717) is 45.3 Å². The first-order chi connectivity index (χ1) is 15.9. The van der Waals surface area contributed by atoms with Crippen LogP contribution in [0.5, 0.6) is 0 Å². The molecule has 4 nitrogen and oxygen atoms in total. The molecule has 34 heavy (non-hydrogen) atoms. The Morgan fingerprint density at radius 1 is 0.529 bits per heavy atom. The number of hydrogen-bond donors (Lipinski definition) is 0. The van der Waals surface area contributed by atoms with Gasteiger partial charge in [-0.05, 0) is 123 Å². The second kappa shape index (κ2) is 6.43. The number of amides is 2. The third-order valence-corrected chi connectivity index (χ3v) is 11.9. The molecular weight excluding hydrogens is 420 g/mol. The molecule has 2 amide bonds. The van der Waals surface area contributed by atoms with E-state index in [-0.39, 0.29) is 10.8 Å². The highest BCUT2D eigenvalue weighted by atomic mass is 16.2. The van der Waals surface area contributed by atoms with Gasteiger partial charge in [-0.2, -0.15) is 0 Å². The van der Waals surface area contributed by atoms with Gasteiger partial charge in [0.15, 0.2) is 0 Å². The first-order valence-electron chi connectivity index (χ1n) is 14.5. The first kappa shape index (κ1) is 22.2. The summed E-state index contributed by atoms with van der Waals surface area (Å²) in [7, 11) is 0. The maximum absolute atomic E-state index is 14.5. The van der Waals surface area contributed by atoms with Crippen molar-refractivity contribution in [2.45, 2.75) is 118 Å². The van der Waals surface area contributed by atoms with Gasteiger partial charge in [-0.25, -0.2) is 0 Å². The molecule has 0 radical (unpaired) electrons. The predicted octanol–water partition coefficient (Wildman–Crippen LogP) is 6.35. The van der Waals surface area contributed by atoms with Crippen molar-refractivity contribution in [2.75, 3.05) is 13.1 Å². The molecule has 9 aliphatic rings. The van der Waals surface area contributed by atoms with Crippen LogP contribution in [-0.4, -0.2) is 34.9 Å². The molecule has 0 aromatic carbocycles. The summed E-state index contributed by atoms with van der Waals surface area (Å²) < 4.78 is 0. The van der Waals surface area contributed by atoms with Gasteiger partial charge in [-0.15, -0.1) is 0 Å². The van der Waals surface area contributed by atoms with Crippen molar-refractivity contribution in [2.24, 2.45) is 44.3 Å². The van der Waals surface area contributed by atoms with Crippen LogP contribution in [0.1, 0.15) is 118 Å². The smallest absolute Gasteiger partial charge is 0.247 e. The summed E-state index contributed by atoms with van der Waals surface area (Å²) in [5.41, 5.74) is 0.820. The predicted molar refractivity (Wildman–Crippen MR) is 132 cm³/mol. The van der Waals surface area contributed by atoms with E-state index in [4.69, 9.17) is 0 Å². The lowest BCUT2D eigenvalue weighted by Gasteiger charge is -2.66. The van der Waals surface area contributed by atoms with Gasteiger partial charge in [0.25, 0.3) is 0 Å². The minimum absolute atomic E-state index is 0.224. The van der Waals surface area contributed by atoms with E-state index in [1.165, 1.54) is 38.5 Å². The fourth-order valence-electron chi connectivity index (χ4n) is 13.1. The summed E-state index contributed by atoms with van der Waals surface area (Å²) in [6.45, 7) is 11.3. The quantitative estimate of drug-likeness (QED) is 0.476. The van der Waals surface area contributed by atoms with Gasteiger partial charge < -0.3 is 0 Å². The molecule has 4 atom stereocenters. The molecule has 1 saturated heterocycles. The van der Waals surface area contributed by atoms with Crippen molar-refractivity contribution in [1.82, 2.24) is 10.0 Å². The third-order valence-electron chi connectivity index (χ3n) is 11.9. The summed E-state index contributed by atoms with van der Waals surface area (Å²) in [4.78, 5) is 29.1. The fourth-order valence-corrected chi connectivity index (χ4v) is 13.1. The molecule has 1 heterocycles. The molecule has 0 N–H and O–H groups in total. The molecule has 9 rings (SSSR count). The molecule has 9 fully saturated rings. The van der Waals surface area contributed by atoms with Gasteiger partial charge in [-0.1, -0.05) is 27.7 Å². The number of rotatable bonds is 2. The summed E-state index contributed by atoms with van der Waals surface area (Å²) in [5.74, 6) is 2.05. The van der Waals surface area contributed by atoms with E-state index in [9.17, 15) is 9.59 Å². The van der Waals surface area contributed by atoms with Crippen LogP contribution in [0.25, 0.3) is 0 Å². The molecule has 4 heteroatoms. The van der Waals surface area contributed by atoms with E-state index in [1.807, 2.05) is 10.0 Å². The summed E-state index contributed by atoms with van der Waals surface area (Å²) >= 11 is 0. The van der Waals surface area contributed by atoms with Crippen LogP contribution in [0.3, 0.4) is 0 Å². The number of hydrogen-bond acceptors (Lipinski definition) is 2. The SMILES string of the molecule is CC12CC3CC(C)(C1)CC(C(=O)N1CCCCN1C(=O)C14CC5CC(C)(CC(C)(C5)C1)C4)(C3)C2. The monoisotopic (exact) mass is 466 g/mol. The molecule has 0 spiro atoms. The zero-order valence-electron chi connectivity index (χ0n) is 22.2. The highest BCUT2D eigenvalue weighted by Gasteiger charge is 2.66. The number of carbonyl (C=O) groups is 2. The van der Waals surface area contributed by atoms with E-state index in [1.54, 1.807) is 0 Å². The van der Waals surface area contributed by atoms with Crippen LogP contribution in [0.4, 0.5) is 0 Å². The van der Waals surface area contributed by atoms with Crippen molar-refractivity contribution >= 4 is 11.8 Å². The molecule has 0 aromatic heterocycles. The zero-order valence-corrected chi connectivity index (χ0v) is 22.2. The van der Waals surface area contributed by atoms with Crippen molar-refractivity contribution in [3.05, 3.63) is 0 Å². The minimum atomic E-state index is -0.224. The van der Waals surface area contributed by atoms with E-state index in [0.717, 1.165) is 64.5 Å². The molecule has 188 valence electrons. The Bertz CT molecular complexity index is 843. The lowest BCUT2D eigenvalue weighted by atomic mass is 9.40. The second-order valence-electron chi connectivity index (χ2n) is 16.4. The van der Waals surface area contributed by atoms with Crippen LogP contribution >= 0.6 is 0 Å². The largest absolute Gasteiger partial charge is 0.272 e. The Labute approximate surface area is 206 Å². The highest BCUT2D eigenvalue weighted by molar-refractivity contribution is 5.89. The van der Waals surface area contributed by atoms with Crippen molar-refractivity contribution in [3.8, 4) is 0 Å².